The summed E-state index contributed by atoms with van der Waals surface area (Å²) in [4.78, 5) is 22.1. The van der Waals surface area contributed by atoms with E-state index in [-0.39, 0.29) is 18.4 Å². The van der Waals surface area contributed by atoms with Crippen molar-refractivity contribution < 1.29 is 14.7 Å². The Hall–Kier alpha value is -2.24. The lowest BCUT2D eigenvalue weighted by Gasteiger charge is -2.12. The summed E-state index contributed by atoms with van der Waals surface area (Å²) in [5.74, 6) is -0.532. The Balaban J connectivity index is 2.24. The van der Waals surface area contributed by atoms with Crippen molar-refractivity contribution in [3.05, 3.63) is 24.3 Å². The van der Waals surface area contributed by atoms with Crippen LogP contribution in [0.25, 0.3) is 0 Å². The molecule has 0 saturated carbocycles. The van der Waals surface area contributed by atoms with Gasteiger partial charge in [0.05, 0.1) is 11.4 Å². The first-order chi connectivity index (χ1) is 9.49. The van der Waals surface area contributed by atoms with E-state index < -0.39 is 5.97 Å². The molecule has 5 N–H and O–H groups in total. The first-order valence-electron chi connectivity index (χ1n) is 6.60. The van der Waals surface area contributed by atoms with Gasteiger partial charge in [0.15, 0.2) is 0 Å². The monoisotopic (exact) mass is 279 g/mol. The topological polar surface area (TPSA) is 104 Å². The quantitative estimate of drug-likeness (QED) is 0.575. The van der Waals surface area contributed by atoms with E-state index in [4.69, 9.17) is 10.8 Å². The minimum atomic E-state index is -0.790. The van der Waals surface area contributed by atoms with Crippen LogP contribution in [-0.4, -0.2) is 23.7 Å². The van der Waals surface area contributed by atoms with Gasteiger partial charge in [-0.2, -0.15) is 0 Å². The molecule has 1 atom stereocenters. The summed E-state index contributed by atoms with van der Waals surface area (Å²) >= 11 is 0. The maximum absolute atomic E-state index is 11.6. The molecule has 6 nitrogen and oxygen atoms in total. The van der Waals surface area contributed by atoms with Crippen LogP contribution in [0.15, 0.2) is 24.3 Å². The standard InChI is InChI=1S/C14H21N3O3/c1-10(6-7-13(18)19)8-9-16-14(20)17-12-5-3-2-4-11(12)15/h2-5,10H,6-9,15H2,1H3,(H,18,19)(H2,16,17,20). The third-order valence-electron chi connectivity index (χ3n) is 2.98. The van der Waals surface area contributed by atoms with Gasteiger partial charge < -0.3 is 21.5 Å². The highest BCUT2D eigenvalue weighted by Gasteiger charge is 2.07. The van der Waals surface area contributed by atoms with E-state index in [1.807, 2.05) is 6.92 Å². The second-order valence-electron chi connectivity index (χ2n) is 4.79. The molecule has 20 heavy (non-hydrogen) atoms. The van der Waals surface area contributed by atoms with Crippen LogP contribution in [0, 0.1) is 5.92 Å². The molecule has 1 aromatic carbocycles. The Bertz CT molecular complexity index is 463. The number of nitrogens with one attached hydrogen (secondary N) is 2. The van der Waals surface area contributed by atoms with E-state index in [9.17, 15) is 9.59 Å². The van der Waals surface area contributed by atoms with Crippen molar-refractivity contribution >= 4 is 23.4 Å². The number of amides is 2. The molecule has 110 valence electrons. The predicted octanol–water partition coefficient (Wildman–Crippen LogP) is 2.28. The summed E-state index contributed by atoms with van der Waals surface area (Å²) in [6.45, 7) is 2.47. The highest BCUT2D eigenvalue weighted by Crippen LogP contribution is 2.16. The molecule has 2 amide bonds. The number of para-hydroxylation sites is 2. The van der Waals surface area contributed by atoms with Crippen molar-refractivity contribution in [1.82, 2.24) is 5.32 Å². The van der Waals surface area contributed by atoms with Crippen molar-refractivity contribution in [1.29, 1.82) is 0 Å². The van der Waals surface area contributed by atoms with E-state index in [0.717, 1.165) is 6.42 Å². The number of hydrogen-bond acceptors (Lipinski definition) is 3. The molecule has 0 spiro atoms. The van der Waals surface area contributed by atoms with Gasteiger partial charge in [-0.25, -0.2) is 4.79 Å². The highest BCUT2D eigenvalue weighted by atomic mass is 16.4. The van der Waals surface area contributed by atoms with E-state index in [1.165, 1.54) is 0 Å². The van der Waals surface area contributed by atoms with Gasteiger partial charge in [0.25, 0.3) is 0 Å². The molecule has 1 rings (SSSR count). The van der Waals surface area contributed by atoms with Crippen molar-refractivity contribution in [2.75, 3.05) is 17.6 Å². The molecule has 1 aromatic rings. The molecule has 0 aromatic heterocycles. The van der Waals surface area contributed by atoms with Gasteiger partial charge in [0, 0.05) is 13.0 Å². The molecule has 0 bridgehead atoms. The number of benzene rings is 1. The number of aliphatic carboxylic acids is 1. The Morgan fingerprint density at radius 1 is 1.30 bits per heavy atom. The number of nitrogens with two attached hydrogens (primary N) is 1. The smallest absolute Gasteiger partial charge is 0.319 e. The fourth-order valence-corrected chi connectivity index (χ4v) is 1.72. The Morgan fingerprint density at radius 3 is 2.65 bits per heavy atom. The molecule has 0 aliphatic rings. The lowest BCUT2D eigenvalue weighted by molar-refractivity contribution is -0.137. The molecule has 0 radical (unpaired) electrons. The van der Waals surface area contributed by atoms with Crippen LogP contribution in [0.1, 0.15) is 26.2 Å². The number of urea groups is 1. The van der Waals surface area contributed by atoms with E-state index in [0.29, 0.717) is 24.3 Å². The Labute approximate surface area is 118 Å². The summed E-state index contributed by atoms with van der Waals surface area (Å²) < 4.78 is 0. The molecular formula is C14H21N3O3. The summed E-state index contributed by atoms with van der Waals surface area (Å²) in [7, 11) is 0. The summed E-state index contributed by atoms with van der Waals surface area (Å²) in [5.41, 5.74) is 6.80. The first-order valence-corrected chi connectivity index (χ1v) is 6.60. The highest BCUT2D eigenvalue weighted by molar-refractivity contribution is 5.92. The maximum Gasteiger partial charge on any atom is 0.319 e. The summed E-state index contributed by atoms with van der Waals surface area (Å²) in [6, 6.07) is 6.71. The number of carbonyl (C=O) groups is 2. The van der Waals surface area contributed by atoms with E-state index >= 15 is 0 Å². The molecular weight excluding hydrogens is 258 g/mol. The van der Waals surface area contributed by atoms with Gasteiger partial charge in [-0.15, -0.1) is 0 Å². The van der Waals surface area contributed by atoms with E-state index in [1.54, 1.807) is 24.3 Å². The van der Waals surface area contributed by atoms with Crippen LogP contribution in [-0.2, 0) is 4.79 Å². The van der Waals surface area contributed by atoms with Gasteiger partial charge >= 0.3 is 12.0 Å². The molecule has 1 unspecified atom stereocenters. The lowest BCUT2D eigenvalue weighted by Crippen LogP contribution is -2.30. The fourth-order valence-electron chi connectivity index (χ4n) is 1.72. The van der Waals surface area contributed by atoms with Crippen LogP contribution in [0.4, 0.5) is 16.2 Å². The number of carbonyl (C=O) groups excluding carboxylic acids is 1. The summed E-state index contributed by atoms with van der Waals surface area (Å²) in [5, 5.41) is 14.0. The first kappa shape index (κ1) is 15.8. The number of anilines is 2. The van der Waals surface area contributed by atoms with Crippen LogP contribution in [0.2, 0.25) is 0 Å². The van der Waals surface area contributed by atoms with Crippen molar-refractivity contribution in [2.45, 2.75) is 26.2 Å². The third kappa shape index (κ3) is 6.08. The minimum Gasteiger partial charge on any atom is -0.481 e. The molecule has 0 fully saturated rings. The van der Waals surface area contributed by atoms with Crippen molar-refractivity contribution in [3.63, 3.8) is 0 Å². The second kappa shape index (κ2) is 8.04. The predicted molar refractivity (Wildman–Crippen MR) is 78.5 cm³/mol. The molecule has 6 heteroatoms. The number of nitrogen functional groups attached to an aromatic ring is 1. The van der Waals surface area contributed by atoms with Crippen LogP contribution in [0.5, 0.6) is 0 Å². The van der Waals surface area contributed by atoms with E-state index in [2.05, 4.69) is 10.6 Å². The molecule has 0 aliphatic carbocycles. The zero-order valence-electron chi connectivity index (χ0n) is 11.6. The second-order valence-corrected chi connectivity index (χ2v) is 4.79. The normalized spacial score (nSPS) is 11.7. The van der Waals surface area contributed by atoms with Crippen LogP contribution in [0.3, 0.4) is 0 Å². The zero-order valence-corrected chi connectivity index (χ0v) is 11.6. The van der Waals surface area contributed by atoms with Gasteiger partial charge in [-0.1, -0.05) is 19.1 Å². The SMILES string of the molecule is CC(CCNC(=O)Nc1ccccc1N)CCC(=O)O. The largest absolute Gasteiger partial charge is 0.481 e. The molecule has 0 saturated heterocycles. The Morgan fingerprint density at radius 2 is 2.00 bits per heavy atom. The Kier molecular flexibility index (Phi) is 6.36. The number of carboxylic acid groups (broad SMARTS) is 1. The van der Waals surface area contributed by atoms with Crippen molar-refractivity contribution in [2.24, 2.45) is 5.92 Å². The maximum atomic E-state index is 11.6. The number of rotatable bonds is 7. The third-order valence-corrected chi connectivity index (χ3v) is 2.98. The fraction of sp³-hybridized carbons (Fsp3) is 0.429. The van der Waals surface area contributed by atoms with Crippen molar-refractivity contribution in [3.8, 4) is 0 Å². The molecule has 0 aliphatic heterocycles. The van der Waals surface area contributed by atoms with Gasteiger partial charge in [0.2, 0.25) is 0 Å². The van der Waals surface area contributed by atoms with Gasteiger partial charge in [0.1, 0.15) is 0 Å². The molecule has 0 heterocycles. The summed E-state index contributed by atoms with van der Waals surface area (Å²) in [6.07, 6.45) is 1.52. The zero-order chi connectivity index (χ0) is 15.0. The minimum absolute atomic E-state index is 0.161. The average Bonchev–Trinajstić information content (AvgIpc) is 2.39. The van der Waals surface area contributed by atoms with Crippen LogP contribution < -0.4 is 16.4 Å². The van der Waals surface area contributed by atoms with Gasteiger partial charge in [-0.05, 0) is 30.9 Å². The number of hydrogen-bond donors (Lipinski definition) is 4. The number of carboxylic acids is 1. The van der Waals surface area contributed by atoms with Gasteiger partial charge in [-0.3, -0.25) is 4.79 Å². The average molecular weight is 279 g/mol. The van der Waals surface area contributed by atoms with Crippen LogP contribution >= 0.6 is 0 Å². The lowest BCUT2D eigenvalue weighted by atomic mass is 10.0.